The fraction of sp³-hybridized carbons (Fsp3) is 0. The van der Waals surface area contributed by atoms with Crippen LogP contribution >= 0.6 is 0 Å². The number of para-hydroxylation sites is 6. The van der Waals surface area contributed by atoms with Gasteiger partial charge in [-0.25, -0.2) is 0 Å². The second-order valence-electron chi connectivity index (χ2n) is 17.2. The average molecular weight is 874 g/mol. The summed E-state index contributed by atoms with van der Waals surface area (Å²) in [4.78, 5) is 30.1. The minimum atomic E-state index is -0.0656. The van der Waals surface area contributed by atoms with Crippen molar-refractivity contribution in [2.45, 2.75) is 0 Å². The molecule has 10 aromatic carbocycles. The van der Waals surface area contributed by atoms with Gasteiger partial charge in [-0.3, -0.25) is 9.59 Å². The fourth-order valence-corrected chi connectivity index (χ4v) is 10.2. The summed E-state index contributed by atoms with van der Waals surface area (Å²) in [6.45, 7) is 0. The maximum atomic E-state index is 14.4. The van der Waals surface area contributed by atoms with Crippen LogP contribution in [0.25, 0.3) is 66.1 Å². The van der Waals surface area contributed by atoms with Crippen LogP contribution in [-0.2, 0) is 0 Å². The lowest BCUT2D eigenvalue weighted by Gasteiger charge is -2.34. The molecule has 0 spiro atoms. The molecule has 1 aliphatic heterocycles. The van der Waals surface area contributed by atoms with E-state index in [2.05, 4.69) is 111 Å². The highest BCUT2D eigenvalue weighted by atomic mass is 16.5. The van der Waals surface area contributed by atoms with Crippen molar-refractivity contribution in [1.29, 1.82) is 0 Å². The molecule has 0 bridgehead atoms. The standard InChI is InChI=1S/C62H39N3O3/c66-60(41-15-2-1-3-16-41)43-17-13-20-46(38-43)65-57-28-10-11-30-59(57)68-62-48(24-14-29-58(62)65)40-31-33-42(34-32-40)61(67)44-18-12-19-45(37-44)63-55-27-9-6-23-51(55)52-39-47(35-36-56(52)63)64-53-25-7-4-21-49(53)50-22-5-8-26-54(50)64/h1-39H. The smallest absolute Gasteiger partial charge is 0.193 e. The zero-order valence-corrected chi connectivity index (χ0v) is 36.6. The van der Waals surface area contributed by atoms with Crippen molar-refractivity contribution in [1.82, 2.24) is 9.13 Å². The number of carbonyl (C=O) groups is 2. The van der Waals surface area contributed by atoms with Crippen LogP contribution in [0.15, 0.2) is 237 Å². The maximum absolute atomic E-state index is 14.4. The molecule has 0 saturated heterocycles. The largest absolute Gasteiger partial charge is 0.452 e. The Morgan fingerprint density at radius 3 is 1.50 bits per heavy atom. The summed E-state index contributed by atoms with van der Waals surface area (Å²) in [5.41, 5.74) is 13.2. The highest BCUT2D eigenvalue weighted by molar-refractivity contribution is 6.14. The van der Waals surface area contributed by atoms with Gasteiger partial charge in [-0.15, -0.1) is 0 Å². The lowest BCUT2D eigenvalue weighted by Crippen LogP contribution is -2.16. The molecular weight excluding hydrogens is 835 g/mol. The number of nitrogens with zero attached hydrogens (tertiary/aromatic N) is 3. The molecule has 6 heteroatoms. The zero-order chi connectivity index (χ0) is 45.3. The molecule has 12 aromatic rings. The molecule has 0 fully saturated rings. The Balaban J connectivity index is 0.837. The number of rotatable bonds is 8. The van der Waals surface area contributed by atoms with Gasteiger partial charge in [0.25, 0.3) is 0 Å². The van der Waals surface area contributed by atoms with Crippen molar-refractivity contribution >= 4 is 72.2 Å². The van der Waals surface area contributed by atoms with Crippen LogP contribution in [0.2, 0.25) is 0 Å². The third-order valence-corrected chi connectivity index (χ3v) is 13.3. The quantitative estimate of drug-likeness (QED) is 0.143. The molecule has 0 atom stereocenters. The lowest BCUT2D eigenvalue weighted by atomic mass is 9.97. The molecule has 0 radical (unpaired) electrons. The van der Waals surface area contributed by atoms with Gasteiger partial charge in [0.2, 0.25) is 0 Å². The van der Waals surface area contributed by atoms with Gasteiger partial charge in [0.1, 0.15) is 0 Å². The third kappa shape index (κ3) is 6.27. The topological polar surface area (TPSA) is 56.5 Å². The number of hydrogen-bond acceptors (Lipinski definition) is 4. The Bertz CT molecular complexity index is 3940. The summed E-state index contributed by atoms with van der Waals surface area (Å²) in [6, 6.07) is 79.1. The van der Waals surface area contributed by atoms with Crippen LogP contribution in [0.1, 0.15) is 31.8 Å². The van der Waals surface area contributed by atoms with E-state index in [1.807, 2.05) is 140 Å². The first-order chi connectivity index (χ1) is 33.6. The van der Waals surface area contributed by atoms with Crippen LogP contribution in [0.5, 0.6) is 11.5 Å². The van der Waals surface area contributed by atoms with E-state index in [4.69, 9.17) is 4.74 Å². The molecule has 0 amide bonds. The lowest BCUT2D eigenvalue weighted by molar-refractivity contribution is 0.103. The molecule has 6 nitrogen and oxygen atoms in total. The number of carbonyl (C=O) groups excluding carboxylic acids is 2. The molecule has 2 aromatic heterocycles. The van der Waals surface area contributed by atoms with Gasteiger partial charge in [-0.05, 0) is 84.4 Å². The minimum absolute atomic E-state index is 0.0403. The van der Waals surface area contributed by atoms with Crippen molar-refractivity contribution in [2.24, 2.45) is 0 Å². The highest BCUT2D eigenvalue weighted by Gasteiger charge is 2.29. The minimum Gasteiger partial charge on any atom is -0.452 e. The molecule has 1 aliphatic rings. The first-order valence-corrected chi connectivity index (χ1v) is 22.7. The average Bonchev–Trinajstić information content (AvgIpc) is 3.92. The van der Waals surface area contributed by atoms with Crippen LogP contribution in [-0.4, -0.2) is 20.7 Å². The van der Waals surface area contributed by atoms with Crippen LogP contribution in [0, 0.1) is 0 Å². The van der Waals surface area contributed by atoms with E-state index in [-0.39, 0.29) is 11.6 Å². The number of benzene rings is 10. The number of anilines is 3. The normalized spacial score (nSPS) is 12.0. The summed E-state index contributed by atoms with van der Waals surface area (Å²) >= 11 is 0. The van der Waals surface area contributed by atoms with E-state index < -0.39 is 0 Å². The van der Waals surface area contributed by atoms with E-state index in [9.17, 15) is 9.59 Å². The molecule has 68 heavy (non-hydrogen) atoms. The predicted octanol–water partition coefficient (Wildman–Crippen LogP) is 15.6. The molecule has 13 rings (SSSR count). The molecular formula is C62H39N3O3. The SMILES string of the molecule is O=C(c1ccccc1)c1cccc(N2c3ccccc3Oc3c(-c4ccc(C(=O)c5cccc(-n6c7ccccc7c7cc(-n8c9ccccc9c9ccccc98)ccc76)c5)cc4)cccc32)c1. The predicted molar refractivity (Wildman–Crippen MR) is 275 cm³/mol. The van der Waals surface area contributed by atoms with Gasteiger partial charge >= 0.3 is 0 Å². The molecule has 0 N–H and O–H groups in total. The van der Waals surface area contributed by atoms with E-state index >= 15 is 0 Å². The van der Waals surface area contributed by atoms with Crippen molar-refractivity contribution in [3.63, 3.8) is 0 Å². The number of hydrogen-bond donors (Lipinski definition) is 0. The van der Waals surface area contributed by atoms with E-state index in [0.717, 1.165) is 61.4 Å². The van der Waals surface area contributed by atoms with Crippen molar-refractivity contribution < 1.29 is 14.3 Å². The number of aromatic nitrogens is 2. The Morgan fingerprint density at radius 1 is 0.338 bits per heavy atom. The van der Waals surface area contributed by atoms with Crippen LogP contribution < -0.4 is 9.64 Å². The second-order valence-corrected chi connectivity index (χ2v) is 17.2. The van der Waals surface area contributed by atoms with E-state index in [1.54, 1.807) is 0 Å². The van der Waals surface area contributed by atoms with Gasteiger partial charge in [-0.2, -0.15) is 0 Å². The monoisotopic (exact) mass is 873 g/mol. The molecule has 0 unspecified atom stereocenters. The zero-order valence-electron chi connectivity index (χ0n) is 36.6. The van der Waals surface area contributed by atoms with Gasteiger partial charge in [-0.1, -0.05) is 158 Å². The van der Waals surface area contributed by atoms with Crippen LogP contribution in [0.3, 0.4) is 0 Å². The Morgan fingerprint density at radius 2 is 0.824 bits per heavy atom. The maximum Gasteiger partial charge on any atom is 0.193 e. The van der Waals surface area contributed by atoms with E-state index in [0.29, 0.717) is 33.8 Å². The van der Waals surface area contributed by atoms with Gasteiger partial charge < -0.3 is 18.8 Å². The highest BCUT2D eigenvalue weighted by Crippen LogP contribution is 2.53. The Labute approximate surface area is 391 Å². The first-order valence-electron chi connectivity index (χ1n) is 22.7. The fourth-order valence-electron chi connectivity index (χ4n) is 10.2. The molecule has 320 valence electrons. The summed E-state index contributed by atoms with van der Waals surface area (Å²) < 4.78 is 11.3. The van der Waals surface area contributed by atoms with Crippen molar-refractivity contribution in [2.75, 3.05) is 4.90 Å². The van der Waals surface area contributed by atoms with Gasteiger partial charge in [0, 0.05) is 66.4 Å². The summed E-state index contributed by atoms with van der Waals surface area (Å²) in [7, 11) is 0. The number of ether oxygens (including phenoxy) is 1. The third-order valence-electron chi connectivity index (χ3n) is 13.3. The summed E-state index contributed by atoms with van der Waals surface area (Å²) in [5, 5.41) is 4.73. The molecule has 0 saturated carbocycles. The Hall–Kier alpha value is -9.26. The van der Waals surface area contributed by atoms with Crippen molar-refractivity contribution in [3.8, 4) is 34.0 Å². The Kier molecular flexibility index (Phi) is 9.05. The van der Waals surface area contributed by atoms with Crippen molar-refractivity contribution in [3.05, 3.63) is 259 Å². The first kappa shape index (κ1) is 39.1. The number of fused-ring (bicyclic) bond motifs is 8. The molecule has 0 aliphatic carbocycles. The second kappa shape index (κ2) is 15.7. The van der Waals surface area contributed by atoms with Crippen LogP contribution in [0.4, 0.5) is 17.1 Å². The summed E-state index contributed by atoms with van der Waals surface area (Å²) in [6.07, 6.45) is 0. The van der Waals surface area contributed by atoms with Gasteiger partial charge in [0.15, 0.2) is 23.1 Å². The molecule has 3 heterocycles. The van der Waals surface area contributed by atoms with E-state index in [1.165, 1.54) is 21.8 Å². The summed E-state index contributed by atoms with van der Waals surface area (Å²) in [5.74, 6) is 1.28. The van der Waals surface area contributed by atoms with Gasteiger partial charge in [0.05, 0.1) is 33.4 Å². The number of ketones is 2.